The smallest absolute Gasteiger partial charge is 0.184 e. The SMILES string of the molecule is OC[C@H]1O[C@@H](O[C@H]2[C@H](O)[C@H](O)C(O)O[C@@H]2CO)C[C@@H](O)[C@@H]1O. The molecule has 0 aromatic carbocycles. The molecule has 2 aliphatic rings. The minimum absolute atomic E-state index is 0.141. The summed E-state index contributed by atoms with van der Waals surface area (Å²) in [6.07, 6.45) is -12.0. The fourth-order valence-corrected chi connectivity index (χ4v) is 2.56. The largest absolute Gasteiger partial charge is 0.394 e. The monoisotopic (exact) mass is 326 g/mol. The van der Waals surface area contributed by atoms with E-state index in [4.69, 9.17) is 19.3 Å². The first-order valence-electron chi connectivity index (χ1n) is 6.97. The van der Waals surface area contributed by atoms with E-state index in [9.17, 15) is 30.6 Å². The molecule has 0 aromatic heterocycles. The van der Waals surface area contributed by atoms with E-state index in [-0.39, 0.29) is 6.42 Å². The van der Waals surface area contributed by atoms with Gasteiger partial charge in [-0.2, -0.15) is 0 Å². The molecule has 2 heterocycles. The lowest BCUT2D eigenvalue weighted by Gasteiger charge is -2.43. The van der Waals surface area contributed by atoms with Gasteiger partial charge in [0.05, 0.1) is 19.3 Å². The van der Waals surface area contributed by atoms with Gasteiger partial charge in [-0.05, 0) is 0 Å². The second-order valence-electron chi connectivity index (χ2n) is 5.41. The van der Waals surface area contributed by atoms with Crippen molar-refractivity contribution in [2.75, 3.05) is 13.2 Å². The summed E-state index contributed by atoms with van der Waals surface area (Å²) < 4.78 is 15.6. The van der Waals surface area contributed by atoms with Crippen LogP contribution in [0.3, 0.4) is 0 Å². The zero-order chi connectivity index (χ0) is 16.4. The Labute approximate surface area is 126 Å². The maximum absolute atomic E-state index is 9.94. The molecule has 0 aromatic rings. The number of aliphatic hydroxyl groups is 7. The molecule has 2 saturated heterocycles. The van der Waals surface area contributed by atoms with E-state index in [1.807, 2.05) is 0 Å². The van der Waals surface area contributed by atoms with Crippen molar-refractivity contribution in [3.63, 3.8) is 0 Å². The molecule has 22 heavy (non-hydrogen) atoms. The van der Waals surface area contributed by atoms with Gasteiger partial charge >= 0.3 is 0 Å². The Bertz CT molecular complexity index is 353. The Morgan fingerprint density at radius 2 is 1.45 bits per heavy atom. The Hall–Kier alpha value is -0.400. The summed E-state index contributed by atoms with van der Waals surface area (Å²) >= 11 is 0. The Kier molecular flexibility index (Phi) is 6.07. The van der Waals surface area contributed by atoms with Crippen molar-refractivity contribution in [3.05, 3.63) is 0 Å². The lowest BCUT2D eigenvalue weighted by atomic mass is 9.98. The van der Waals surface area contributed by atoms with Crippen molar-refractivity contribution in [2.45, 2.75) is 61.7 Å². The maximum Gasteiger partial charge on any atom is 0.184 e. The van der Waals surface area contributed by atoms with Crippen molar-refractivity contribution in [3.8, 4) is 0 Å². The molecule has 0 spiro atoms. The highest BCUT2D eigenvalue weighted by Crippen LogP contribution is 2.28. The highest BCUT2D eigenvalue weighted by Gasteiger charge is 2.47. The average molecular weight is 326 g/mol. The Balaban J connectivity index is 2.04. The fraction of sp³-hybridized carbons (Fsp3) is 1.00. The first-order valence-corrected chi connectivity index (χ1v) is 6.97. The molecule has 0 saturated carbocycles. The summed E-state index contributed by atoms with van der Waals surface area (Å²) in [7, 11) is 0. The third kappa shape index (κ3) is 3.57. The van der Waals surface area contributed by atoms with Gasteiger partial charge < -0.3 is 50.0 Å². The summed E-state index contributed by atoms with van der Waals surface area (Å²) in [5.41, 5.74) is 0. The normalized spacial score (nSPS) is 50.0. The second kappa shape index (κ2) is 7.45. The second-order valence-corrected chi connectivity index (χ2v) is 5.41. The van der Waals surface area contributed by atoms with Crippen molar-refractivity contribution in [1.82, 2.24) is 0 Å². The molecule has 2 rings (SSSR count). The Morgan fingerprint density at radius 3 is 2.05 bits per heavy atom. The van der Waals surface area contributed by atoms with E-state index in [0.29, 0.717) is 0 Å². The van der Waals surface area contributed by atoms with Gasteiger partial charge in [-0.1, -0.05) is 0 Å². The molecule has 9 atom stereocenters. The van der Waals surface area contributed by atoms with Crippen LogP contribution in [-0.4, -0.2) is 104 Å². The molecule has 10 nitrogen and oxygen atoms in total. The minimum atomic E-state index is -1.67. The van der Waals surface area contributed by atoms with E-state index in [2.05, 4.69) is 0 Å². The first-order chi connectivity index (χ1) is 10.4. The van der Waals surface area contributed by atoms with Crippen LogP contribution in [0.25, 0.3) is 0 Å². The Morgan fingerprint density at radius 1 is 0.818 bits per heavy atom. The predicted octanol–water partition coefficient (Wildman–Crippen LogP) is -4.37. The molecular weight excluding hydrogens is 304 g/mol. The summed E-state index contributed by atoms with van der Waals surface area (Å²) in [5, 5.41) is 66.6. The molecule has 10 heteroatoms. The van der Waals surface area contributed by atoms with Crippen LogP contribution in [0.4, 0.5) is 0 Å². The number of ether oxygens (including phenoxy) is 3. The lowest BCUT2D eigenvalue weighted by Crippen LogP contribution is -2.61. The van der Waals surface area contributed by atoms with Crippen molar-refractivity contribution < 1.29 is 50.0 Å². The molecule has 1 unspecified atom stereocenters. The van der Waals surface area contributed by atoms with Crippen LogP contribution in [0.5, 0.6) is 0 Å². The van der Waals surface area contributed by atoms with E-state index in [0.717, 1.165) is 0 Å². The fourth-order valence-electron chi connectivity index (χ4n) is 2.56. The van der Waals surface area contributed by atoms with Crippen LogP contribution in [-0.2, 0) is 14.2 Å². The molecular formula is C12H22O10. The zero-order valence-electron chi connectivity index (χ0n) is 11.7. The van der Waals surface area contributed by atoms with E-state index in [1.165, 1.54) is 0 Å². The highest BCUT2D eigenvalue weighted by atomic mass is 16.7. The summed E-state index contributed by atoms with van der Waals surface area (Å²) in [6, 6.07) is 0. The van der Waals surface area contributed by atoms with Gasteiger partial charge in [0.15, 0.2) is 12.6 Å². The van der Waals surface area contributed by atoms with Gasteiger partial charge in [-0.15, -0.1) is 0 Å². The van der Waals surface area contributed by atoms with Gasteiger partial charge in [0.2, 0.25) is 0 Å². The van der Waals surface area contributed by atoms with Gasteiger partial charge in [0.25, 0.3) is 0 Å². The molecule has 0 amide bonds. The molecule has 7 N–H and O–H groups in total. The number of aliphatic hydroxyl groups excluding tert-OH is 7. The molecule has 130 valence electrons. The van der Waals surface area contributed by atoms with Crippen LogP contribution in [0, 0.1) is 0 Å². The lowest BCUT2D eigenvalue weighted by molar-refractivity contribution is -0.336. The van der Waals surface area contributed by atoms with E-state index in [1.54, 1.807) is 0 Å². The van der Waals surface area contributed by atoms with Gasteiger partial charge in [0.1, 0.15) is 36.6 Å². The van der Waals surface area contributed by atoms with Crippen LogP contribution in [0.2, 0.25) is 0 Å². The van der Waals surface area contributed by atoms with Crippen LogP contribution < -0.4 is 0 Å². The number of hydrogen-bond acceptors (Lipinski definition) is 10. The van der Waals surface area contributed by atoms with E-state index >= 15 is 0 Å². The number of rotatable bonds is 4. The van der Waals surface area contributed by atoms with Crippen molar-refractivity contribution in [2.24, 2.45) is 0 Å². The molecule has 0 radical (unpaired) electrons. The van der Waals surface area contributed by atoms with E-state index < -0.39 is 68.5 Å². The van der Waals surface area contributed by atoms with Crippen molar-refractivity contribution >= 4 is 0 Å². The molecule has 2 fully saturated rings. The summed E-state index contributed by atoms with van der Waals surface area (Å²) in [5.74, 6) is 0. The average Bonchev–Trinajstić information content (AvgIpc) is 2.50. The minimum Gasteiger partial charge on any atom is -0.394 e. The quantitative estimate of drug-likeness (QED) is 0.268. The van der Waals surface area contributed by atoms with Crippen LogP contribution >= 0.6 is 0 Å². The standard InChI is InChI=1S/C12H22O10/c13-2-5-8(16)4(15)1-7(20-5)22-11-6(3-14)21-12(19)10(18)9(11)17/h4-19H,1-3H2/t4-,5-,6-,7+,8+,9-,10+,11-,12?/m1/s1. The zero-order valence-corrected chi connectivity index (χ0v) is 11.7. The summed E-state index contributed by atoms with van der Waals surface area (Å²) in [4.78, 5) is 0. The summed E-state index contributed by atoms with van der Waals surface area (Å²) in [6.45, 7) is -1.14. The molecule has 0 aliphatic carbocycles. The van der Waals surface area contributed by atoms with Gasteiger partial charge in [-0.25, -0.2) is 0 Å². The van der Waals surface area contributed by atoms with Gasteiger partial charge in [-0.3, -0.25) is 0 Å². The molecule has 2 aliphatic heterocycles. The third-order valence-electron chi connectivity index (χ3n) is 3.86. The van der Waals surface area contributed by atoms with Crippen LogP contribution in [0.15, 0.2) is 0 Å². The predicted molar refractivity (Wildman–Crippen MR) is 67.2 cm³/mol. The van der Waals surface area contributed by atoms with Gasteiger partial charge in [0, 0.05) is 6.42 Å². The third-order valence-corrected chi connectivity index (χ3v) is 3.86. The van der Waals surface area contributed by atoms with Crippen LogP contribution in [0.1, 0.15) is 6.42 Å². The topological polar surface area (TPSA) is 169 Å². The number of hydrogen-bond donors (Lipinski definition) is 7. The maximum atomic E-state index is 9.94. The van der Waals surface area contributed by atoms with Crippen molar-refractivity contribution in [1.29, 1.82) is 0 Å². The highest BCUT2D eigenvalue weighted by molar-refractivity contribution is 4.91. The molecule has 0 bridgehead atoms. The first kappa shape index (κ1) is 17.9.